The molecule has 1 aromatic carbocycles. The molecule has 1 aliphatic rings. The number of hydrogen-bond donors (Lipinski definition) is 1. The fourth-order valence-corrected chi connectivity index (χ4v) is 2.65. The SMILES string of the molecule is CC(CNC(C)C)CN1CCc2ccccc2C1. The lowest BCUT2D eigenvalue weighted by molar-refractivity contribution is 0.216. The topological polar surface area (TPSA) is 15.3 Å². The van der Waals surface area contributed by atoms with Crippen LogP contribution in [0.1, 0.15) is 31.9 Å². The molecule has 18 heavy (non-hydrogen) atoms. The van der Waals surface area contributed by atoms with E-state index in [0.29, 0.717) is 6.04 Å². The Hall–Kier alpha value is -0.860. The molecule has 1 aliphatic heterocycles. The Kier molecular flexibility index (Phi) is 4.79. The van der Waals surface area contributed by atoms with Crippen molar-refractivity contribution < 1.29 is 0 Å². The van der Waals surface area contributed by atoms with E-state index in [1.807, 2.05) is 0 Å². The third-order valence-electron chi connectivity index (χ3n) is 3.65. The van der Waals surface area contributed by atoms with Gasteiger partial charge >= 0.3 is 0 Å². The normalized spacial score (nSPS) is 17.8. The first-order valence-corrected chi connectivity index (χ1v) is 7.17. The summed E-state index contributed by atoms with van der Waals surface area (Å²) >= 11 is 0. The third kappa shape index (κ3) is 3.82. The fraction of sp³-hybridized carbons (Fsp3) is 0.625. The predicted molar refractivity (Wildman–Crippen MR) is 77.7 cm³/mol. The summed E-state index contributed by atoms with van der Waals surface area (Å²) in [6, 6.07) is 9.46. The van der Waals surface area contributed by atoms with E-state index in [4.69, 9.17) is 0 Å². The molecule has 100 valence electrons. The largest absolute Gasteiger partial charge is 0.314 e. The summed E-state index contributed by atoms with van der Waals surface area (Å²) in [6.45, 7) is 11.4. The zero-order valence-electron chi connectivity index (χ0n) is 11.9. The van der Waals surface area contributed by atoms with Crippen LogP contribution in [0.3, 0.4) is 0 Å². The highest BCUT2D eigenvalue weighted by Crippen LogP contribution is 2.19. The summed E-state index contributed by atoms with van der Waals surface area (Å²) in [5, 5.41) is 3.53. The third-order valence-corrected chi connectivity index (χ3v) is 3.65. The van der Waals surface area contributed by atoms with Crippen molar-refractivity contribution >= 4 is 0 Å². The van der Waals surface area contributed by atoms with E-state index in [1.54, 1.807) is 5.56 Å². The maximum atomic E-state index is 3.53. The van der Waals surface area contributed by atoms with Crippen LogP contribution in [0, 0.1) is 5.92 Å². The van der Waals surface area contributed by atoms with E-state index in [2.05, 4.69) is 55.3 Å². The quantitative estimate of drug-likeness (QED) is 0.859. The van der Waals surface area contributed by atoms with Crippen molar-refractivity contribution in [3.05, 3.63) is 35.4 Å². The highest BCUT2D eigenvalue weighted by Gasteiger charge is 2.17. The van der Waals surface area contributed by atoms with Gasteiger partial charge in [-0.2, -0.15) is 0 Å². The summed E-state index contributed by atoms with van der Waals surface area (Å²) in [7, 11) is 0. The van der Waals surface area contributed by atoms with Crippen LogP contribution >= 0.6 is 0 Å². The minimum Gasteiger partial charge on any atom is -0.314 e. The number of benzene rings is 1. The maximum Gasteiger partial charge on any atom is 0.0236 e. The molecule has 2 heteroatoms. The van der Waals surface area contributed by atoms with Crippen LogP contribution in [-0.2, 0) is 13.0 Å². The minimum absolute atomic E-state index is 0.592. The molecule has 0 aliphatic carbocycles. The van der Waals surface area contributed by atoms with Crippen molar-refractivity contribution in [1.29, 1.82) is 0 Å². The second-order valence-corrected chi connectivity index (χ2v) is 5.92. The molecule has 2 rings (SSSR count). The molecule has 0 saturated heterocycles. The minimum atomic E-state index is 0.592. The van der Waals surface area contributed by atoms with Crippen LogP contribution in [0.25, 0.3) is 0 Å². The van der Waals surface area contributed by atoms with Gasteiger partial charge in [0, 0.05) is 25.7 Å². The molecule has 0 spiro atoms. The lowest BCUT2D eigenvalue weighted by Crippen LogP contribution is -2.38. The van der Waals surface area contributed by atoms with E-state index in [9.17, 15) is 0 Å². The molecule has 1 atom stereocenters. The van der Waals surface area contributed by atoms with E-state index in [0.717, 1.165) is 19.0 Å². The Labute approximate surface area is 111 Å². The lowest BCUT2D eigenvalue weighted by atomic mass is 9.99. The summed E-state index contributed by atoms with van der Waals surface area (Å²) in [5.41, 5.74) is 3.06. The van der Waals surface area contributed by atoms with Crippen LogP contribution in [-0.4, -0.2) is 30.6 Å². The number of rotatable bonds is 5. The van der Waals surface area contributed by atoms with Gasteiger partial charge in [0.15, 0.2) is 0 Å². The zero-order chi connectivity index (χ0) is 13.0. The highest BCUT2D eigenvalue weighted by atomic mass is 15.1. The molecule has 0 radical (unpaired) electrons. The standard InChI is InChI=1S/C16H26N2/c1-13(2)17-10-14(3)11-18-9-8-15-6-4-5-7-16(15)12-18/h4-7,13-14,17H,8-12H2,1-3H3. The zero-order valence-corrected chi connectivity index (χ0v) is 11.9. The van der Waals surface area contributed by atoms with Crippen LogP contribution in [0.15, 0.2) is 24.3 Å². The van der Waals surface area contributed by atoms with Gasteiger partial charge in [0.05, 0.1) is 0 Å². The van der Waals surface area contributed by atoms with Gasteiger partial charge in [-0.25, -0.2) is 0 Å². The summed E-state index contributed by atoms with van der Waals surface area (Å²) in [5.74, 6) is 0.720. The molecule has 0 bridgehead atoms. The van der Waals surface area contributed by atoms with Crippen molar-refractivity contribution in [3.63, 3.8) is 0 Å². The predicted octanol–water partition coefficient (Wildman–Crippen LogP) is 2.68. The lowest BCUT2D eigenvalue weighted by Gasteiger charge is -2.31. The summed E-state index contributed by atoms with van der Waals surface area (Å²) < 4.78 is 0. The van der Waals surface area contributed by atoms with Crippen molar-refractivity contribution in [2.75, 3.05) is 19.6 Å². The molecule has 2 nitrogen and oxygen atoms in total. The average molecular weight is 246 g/mol. The van der Waals surface area contributed by atoms with E-state index < -0.39 is 0 Å². The maximum absolute atomic E-state index is 3.53. The van der Waals surface area contributed by atoms with Crippen molar-refractivity contribution in [2.24, 2.45) is 5.92 Å². The molecule has 1 unspecified atom stereocenters. The van der Waals surface area contributed by atoms with Crippen LogP contribution in [0.5, 0.6) is 0 Å². The second kappa shape index (κ2) is 6.35. The Morgan fingerprint density at radius 2 is 1.89 bits per heavy atom. The van der Waals surface area contributed by atoms with Gasteiger partial charge in [0.25, 0.3) is 0 Å². The Morgan fingerprint density at radius 3 is 2.61 bits per heavy atom. The van der Waals surface area contributed by atoms with Gasteiger partial charge in [0.1, 0.15) is 0 Å². The van der Waals surface area contributed by atoms with Crippen LogP contribution < -0.4 is 5.32 Å². The number of nitrogens with one attached hydrogen (secondary N) is 1. The first-order chi connectivity index (χ1) is 8.65. The van der Waals surface area contributed by atoms with E-state index >= 15 is 0 Å². The number of hydrogen-bond acceptors (Lipinski definition) is 2. The fourth-order valence-electron chi connectivity index (χ4n) is 2.65. The summed E-state index contributed by atoms with van der Waals surface area (Å²) in [6.07, 6.45) is 1.21. The van der Waals surface area contributed by atoms with Gasteiger partial charge in [-0.05, 0) is 30.0 Å². The molecule has 0 fully saturated rings. The van der Waals surface area contributed by atoms with E-state index in [-0.39, 0.29) is 0 Å². The van der Waals surface area contributed by atoms with Gasteiger partial charge in [-0.1, -0.05) is 45.0 Å². The Morgan fingerprint density at radius 1 is 1.17 bits per heavy atom. The molecule has 1 aromatic rings. The van der Waals surface area contributed by atoms with Gasteiger partial charge < -0.3 is 5.32 Å². The number of fused-ring (bicyclic) bond motifs is 1. The van der Waals surface area contributed by atoms with Crippen LogP contribution in [0.4, 0.5) is 0 Å². The molecular weight excluding hydrogens is 220 g/mol. The van der Waals surface area contributed by atoms with Crippen molar-refractivity contribution in [1.82, 2.24) is 10.2 Å². The number of nitrogens with zero attached hydrogens (tertiary/aromatic N) is 1. The van der Waals surface area contributed by atoms with Gasteiger partial charge in [-0.3, -0.25) is 4.90 Å². The molecule has 1 heterocycles. The smallest absolute Gasteiger partial charge is 0.0236 e. The monoisotopic (exact) mass is 246 g/mol. The van der Waals surface area contributed by atoms with Crippen molar-refractivity contribution in [3.8, 4) is 0 Å². The van der Waals surface area contributed by atoms with Gasteiger partial charge in [-0.15, -0.1) is 0 Å². The molecular formula is C16H26N2. The molecule has 0 aromatic heterocycles. The molecule has 0 saturated carbocycles. The first-order valence-electron chi connectivity index (χ1n) is 7.17. The highest BCUT2D eigenvalue weighted by molar-refractivity contribution is 5.28. The first kappa shape index (κ1) is 13.6. The van der Waals surface area contributed by atoms with Gasteiger partial charge in [0.2, 0.25) is 0 Å². The summed E-state index contributed by atoms with van der Waals surface area (Å²) in [4.78, 5) is 2.59. The average Bonchev–Trinajstić information content (AvgIpc) is 2.36. The second-order valence-electron chi connectivity index (χ2n) is 5.92. The Bertz CT molecular complexity index is 373. The molecule has 0 amide bonds. The van der Waals surface area contributed by atoms with E-state index in [1.165, 1.54) is 25.1 Å². The Balaban J connectivity index is 1.82. The van der Waals surface area contributed by atoms with Crippen LogP contribution in [0.2, 0.25) is 0 Å². The van der Waals surface area contributed by atoms with Crippen molar-refractivity contribution in [2.45, 2.75) is 39.8 Å². The molecule has 1 N–H and O–H groups in total.